The molecular formula is C18H28N2O2. The predicted octanol–water partition coefficient (Wildman–Crippen LogP) is 3.57. The van der Waals surface area contributed by atoms with E-state index < -0.39 is 5.60 Å². The Labute approximate surface area is 133 Å². The van der Waals surface area contributed by atoms with Crippen LogP contribution in [0, 0.1) is 0 Å². The van der Waals surface area contributed by atoms with Gasteiger partial charge in [0, 0.05) is 25.7 Å². The largest absolute Gasteiger partial charge is 0.444 e. The molecule has 0 aliphatic carbocycles. The molecule has 1 aromatic rings. The molecule has 122 valence electrons. The Balaban J connectivity index is 1.78. The fraction of sp³-hybridized carbons (Fsp3) is 0.611. The van der Waals surface area contributed by atoms with E-state index in [-0.39, 0.29) is 6.09 Å². The van der Waals surface area contributed by atoms with Crippen LogP contribution in [0.1, 0.15) is 45.6 Å². The fourth-order valence-corrected chi connectivity index (χ4v) is 2.67. The van der Waals surface area contributed by atoms with E-state index in [9.17, 15) is 4.79 Å². The molecule has 4 nitrogen and oxygen atoms in total. The van der Waals surface area contributed by atoms with Crippen molar-refractivity contribution in [3.8, 4) is 0 Å². The van der Waals surface area contributed by atoms with E-state index in [2.05, 4.69) is 29.6 Å². The number of amides is 1. The molecule has 0 spiro atoms. The molecule has 1 fully saturated rings. The molecular weight excluding hydrogens is 276 g/mol. The lowest BCUT2D eigenvalue weighted by Gasteiger charge is -2.26. The molecule has 0 saturated carbocycles. The topological polar surface area (TPSA) is 41.6 Å². The van der Waals surface area contributed by atoms with Crippen LogP contribution in [0.4, 0.5) is 4.79 Å². The maximum absolute atomic E-state index is 12.1. The Bertz CT molecular complexity index is 468. The zero-order chi connectivity index (χ0) is 16.0. The summed E-state index contributed by atoms with van der Waals surface area (Å²) in [5.74, 6) is 0. The molecule has 1 N–H and O–H groups in total. The number of likely N-dealkylation sites (tertiary alicyclic amines) is 1. The number of hydrogen-bond donors (Lipinski definition) is 1. The highest BCUT2D eigenvalue weighted by atomic mass is 16.6. The third kappa shape index (κ3) is 5.68. The van der Waals surface area contributed by atoms with E-state index in [0.717, 1.165) is 38.9 Å². The number of ether oxygens (including phenoxy) is 1. The van der Waals surface area contributed by atoms with E-state index in [0.29, 0.717) is 6.04 Å². The summed E-state index contributed by atoms with van der Waals surface area (Å²) in [5.41, 5.74) is 0.879. The zero-order valence-corrected chi connectivity index (χ0v) is 14.0. The molecule has 1 atom stereocenters. The maximum Gasteiger partial charge on any atom is 0.410 e. The highest BCUT2D eigenvalue weighted by molar-refractivity contribution is 5.68. The van der Waals surface area contributed by atoms with E-state index >= 15 is 0 Å². The normalized spacial score (nSPS) is 19.6. The quantitative estimate of drug-likeness (QED) is 0.928. The minimum absolute atomic E-state index is 0.184. The minimum Gasteiger partial charge on any atom is -0.444 e. The van der Waals surface area contributed by atoms with Crippen molar-refractivity contribution >= 4 is 6.09 Å². The Morgan fingerprint density at radius 3 is 2.64 bits per heavy atom. The van der Waals surface area contributed by atoms with Gasteiger partial charge in [-0.25, -0.2) is 4.79 Å². The van der Waals surface area contributed by atoms with Gasteiger partial charge in [0.05, 0.1) is 0 Å². The summed E-state index contributed by atoms with van der Waals surface area (Å²) >= 11 is 0. The lowest BCUT2D eigenvalue weighted by molar-refractivity contribution is 0.0256. The van der Waals surface area contributed by atoms with Gasteiger partial charge in [-0.05, 0) is 45.6 Å². The van der Waals surface area contributed by atoms with Gasteiger partial charge in [-0.2, -0.15) is 0 Å². The summed E-state index contributed by atoms with van der Waals surface area (Å²) in [5, 5.41) is 3.61. The van der Waals surface area contributed by atoms with Crippen LogP contribution in [0.25, 0.3) is 0 Å². The standard InChI is InChI=1S/C18H28N2O2/c1-18(2,3)22-17(21)20-12-7-10-16(11-13-20)19-14-15-8-5-4-6-9-15/h4-6,8-9,16,19H,7,10-14H2,1-3H3/t16-/m1/s1. The highest BCUT2D eigenvalue weighted by Gasteiger charge is 2.24. The monoisotopic (exact) mass is 304 g/mol. The number of benzene rings is 1. The van der Waals surface area contributed by atoms with Gasteiger partial charge in [-0.15, -0.1) is 0 Å². The van der Waals surface area contributed by atoms with Gasteiger partial charge in [0.2, 0.25) is 0 Å². The Hall–Kier alpha value is -1.55. The lowest BCUT2D eigenvalue weighted by Crippen LogP contribution is -2.38. The van der Waals surface area contributed by atoms with Crippen LogP contribution in [0.5, 0.6) is 0 Å². The van der Waals surface area contributed by atoms with E-state index in [1.165, 1.54) is 5.56 Å². The molecule has 4 heteroatoms. The van der Waals surface area contributed by atoms with Crippen LogP contribution in [0.15, 0.2) is 30.3 Å². The molecule has 1 amide bonds. The number of carbonyl (C=O) groups excluding carboxylic acids is 1. The van der Waals surface area contributed by atoms with Crippen molar-refractivity contribution in [2.45, 2.75) is 58.2 Å². The van der Waals surface area contributed by atoms with Gasteiger partial charge < -0.3 is 15.0 Å². The molecule has 0 aromatic heterocycles. The molecule has 1 saturated heterocycles. The summed E-state index contributed by atoms with van der Waals surface area (Å²) in [4.78, 5) is 14.0. The van der Waals surface area contributed by atoms with Gasteiger partial charge in [0.15, 0.2) is 0 Å². The first-order valence-corrected chi connectivity index (χ1v) is 8.19. The number of nitrogens with zero attached hydrogens (tertiary/aromatic N) is 1. The highest BCUT2D eigenvalue weighted by Crippen LogP contribution is 2.16. The first-order valence-electron chi connectivity index (χ1n) is 8.19. The molecule has 22 heavy (non-hydrogen) atoms. The molecule has 2 rings (SSSR count). The maximum atomic E-state index is 12.1. The number of rotatable bonds is 3. The van der Waals surface area contributed by atoms with Gasteiger partial charge >= 0.3 is 6.09 Å². The first kappa shape index (κ1) is 16.8. The SMILES string of the molecule is CC(C)(C)OC(=O)N1CCC[C@@H](NCc2ccccc2)CC1. The van der Waals surface area contributed by atoms with Crippen molar-refractivity contribution in [1.29, 1.82) is 0 Å². The third-order valence-electron chi connectivity index (χ3n) is 3.82. The van der Waals surface area contributed by atoms with Crippen LogP contribution in [0.2, 0.25) is 0 Å². The second-order valence-electron chi connectivity index (χ2n) is 6.96. The molecule has 0 radical (unpaired) electrons. The van der Waals surface area contributed by atoms with Crippen LogP contribution in [-0.2, 0) is 11.3 Å². The zero-order valence-electron chi connectivity index (χ0n) is 14.0. The average Bonchev–Trinajstić information content (AvgIpc) is 2.70. The molecule has 1 heterocycles. The van der Waals surface area contributed by atoms with Crippen molar-refractivity contribution in [2.75, 3.05) is 13.1 Å². The van der Waals surface area contributed by atoms with E-state index in [1.54, 1.807) is 0 Å². The van der Waals surface area contributed by atoms with Gasteiger partial charge in [0.25, 0.3) is 0 Å². The first-order chi connectivity index (χ1) is 10.4. The van der Waals surface area contributed by atoms with Crippen molar-refractivity contribution in [3.63, 3.8) is 0 Å². The predicted molar refractivity (Wildman–Crippen MR) is 88.7 cm³/mol. The van der Waals surface area contributed by atoms with Crippen LogP contribution in [-0.4, -0.2) is 35.7 Å². The van der Waals surface area contributed by atoms with Crippen LogP contribution < -0.4 is 5.32 Å². The Kier molecular flexibility index (Phi) is 5.83. The average molecular weight is 304 g/mol. The second kappa shape index (κ2) is 7.63. The Morgan fingerprint density at radius 2 is 1.95 bits per heavy atom. The minimum atomic E-state index is -0.422. The van der Waals surface area contributed by atoms with Crippen molar-refractivity contribution in [2.24, 2.45) is 0 Å². The second-order valence-corrected chi connectivity index (χ2v) is 6.96. The van der Waals surface area contributed by atoms with Gasteiger partial charge in [-0.3, -0.25) is 0 Å². The van der Waals surface area contributed by atoms with Crippen molar-refractivity contribution < 1.29 is 9.53 Å². The van der Waals surface area contributed by atoms with Gasteiger partial charge in [-0.1, -0.05) is 30.3 Å². The van der Waals surface area contributed by atoms with E-state index in [1.807, 2.05) is 31.7 Å². The van der Waals surface area contributed by atoms with Crippen LogP contribution >= 0.6 is 0 Å². The van der Waals surface area contributed by atoms with Crippen molar-refractivity contribution in [3.05, 3.63) is 35.9 Å². The number of carbonyl (C=O) groups is 1. The molecule has 0 bridgehead atoms. The number of hydrogen-bond acceptors (Lipinski definition) is 3. The summed E-state index contributed by atoms with van der Waals surface area (Å²) in [7, 11) is 0. The van der Waals surface area contributed by atoms with E-state index in [4.69, 9.17) is 4.74 Å². The molecule has 0 unspecified atom stereocenters. The lowest BCUT2D eigenvalue weighted by atomic mass is 10.1. The Morgan fingerprint density at radius 1 is 1.23 bits per heavy atom. The van der Waals surface area contributed by atoms with Crippen LogP contribution in [0.3, 0.4) is 0 Å². The van der Waals surface area contributed by atoms with Crippen molar-refractivity contribution in [1.82, 2.24) is 10.2 Å². The summed E-state index contributed by atoms with van der Waals surface area (Å²) in [6, 6.07) is 10.9. The van der Waals surface area contributed by atoms with Gasteiger partial charge in [0.1, 0.15) is 5.60 Å². The number of nitrogens with one attached hydrogen (secondary N) is 1. The summed E-state index contributed by atoms with van der Waals surface area (Å²) < 4.78 is 5.46. The molecule has 1 aliphatic heterocycles. The molecule has 1 aliphatic rings. The third-order valence-corrected chi connectivity index (χ3v) is 3.82. The smallest absolute Gasteiger partial charge is 0.410 e. The fourth-order valence-electron chi connectivity index (χ4n) is 2.67. The molecule has 1 aromatic carbocycles. The summed E-state index contributed by atoms with van der Waals surface area (Å²) in [6.45, 7) is 8.17. The summed E-state index contributed by atoms with van der Waals surface area (Å²) in [6.07, 6.45) is 2.92.